The highest BCUT2D eigenvalue weighted by atomic mass is 32.1. The number of ether oxygens (including phenoxy) is 2. The summed E-state index contributed by atoms with van der Waals surface area (Å²) in [7, 11) is 0. The van der Waals surface area contributed by atoms with Gasteiger partial charge < -0.3 is 14.4 Å². The molecule has 128 valence electrons. The molecule has 0 saturated carbocycles. The van der Waals surface area contributed by atoms with E-state index < -0.39 is 17.4 Å². The smallest absolute Gasteiger partial charge is 0.312 e. The van der Waals surface area contributed by atoms with E-state index in [2.05, 4.69) is 6.92 Å². The van der Waals surface area contributed by atoms with E-state index in [1.165, 1.54) is 0 Å². The van der Waals surface area contributed by atoms with Crippen LogP contribution in [0, 0.1) is 11.8 Å². The second-order valence-corrected chi connectivity index (χ2v) is 7.73. The number of hydrogen-bond acceptors (Lipinski definition) is 5. The summed E-state index contributed by atoms with van der Waals surface area (Å²) in [6.07, 6.45) is 5.39. The van der Waals surface area contributed by atoms with E-state index in [0.29, 0.717) is 19.7 Å². The third-order valence-corrected chi connectivity index (χ3v) is 5.98. The van der Waals surface area contributed by atoms with Crippen LogP contribution in [0.5, 0.6) is 0 Å². The van der Waals surface area contributed by atoms with Crippen LogP contribution >= 0.6 is 11.3 Å². The largest absolute Gasteiger partial charge is 0.465 e. The van der Waals surface area contributed by atoms with Gasteiger partial charge in [-0.1, -0.05) is 31.6 Å². The Morgan fingerprint density at radius 2 is 2.42 bits per heavy atom. The summed E-state index contributed by atoms with van der Waals surface area (Å²) in [6.45, 7) is 3.55. The average molecular weight is 347 g/mol. The van der Waals surface area contributed by atoms with Gasteiger partial charge in [0.1, 0.15) is 11.5 Å². The number of rotatable bonds is 6. The fourth-order valence-corrected chi connectivity index (χ4v) is 4.70. The summed E-state index contributed by atoms with van der Waals surface area (Å²) >= 11 is 1.63. The highest BCUT2D eigenvalue weighted by molar-refractivity contribution is 7.09. The molecule has 24 heavy (non-hydrogen) atoms. The van der Waals surface area contributed by atoms with Gasteiger partial charge in [-0.25, -0.2) is 0 Å². The Labute approximate surface area is 145 Å². The maximum Gasteiger partial charge on any atom is 0.312 e. The lowest BCUT2D eigenvalue weighted by molar-refractivity contribution is -0.154. The Kier molecular flexibility index (Phi) is 3.96. The van der Waals surface area contributed by atoms with E-state index in [-0.39, 0.29) is 18.0 Å². The van der Waals surface area contributed by atoms with Gasteiger partial charge in [-0.3, -0.25) is 9.59 Å². The van der Waals surface area contributed by atoms with Crippen LogP contribution in [-0.4, -0.2) is 41.6 Å². The minimum atomic E-state index is -0.645. The molecule has 4 atom stereocenters. The van der Waals surface area contributed by atoms with Gasteiger partial charge in [-0.05, 0) is 17.9 Å². The first-order valence-electron chi connectivity index (χ1n) is 8.49. The fraction of sp³-hybridized carbons (Fsp3) is 0.556. The lowest BCUT2D eigenvalue weighted by Gasteiger charge is -2.22. The van der Waals surface area contributed by atoms with E-state index in [1.807, 2.05) is 34.6 Å². The highest BCUT2D eigenvalue weighted by Crippen LogP contribution is 2.52. The molecule has 2 bridgehead atoms. The summed E-state index contributed by atoms with van der Waals surface area (Å²) in [6, 6.07) is 4.00. The van der Waals surface area contributed by atoms with Crippen LogP contribution < -0.4 is 0 Å². The van der Waals surface area contributed by atoms with Gasteiger partial charge >= 0.3 is 5.97 Å². The molecular formula is C18H21NO4S. The lowest BCUT2D eigenvalue weighted by Crippen LogP contribution is -2.40. The van der Waals surface area contributed by atoms with Crippen molar-refractivity contribution in [2.75, 3.05) is 13.2 Å². The third kappa shape index (κ3) is 2.40. The molecule has 4 rings (SSSR count). The van der Waals surface area contributed by atoms with E-state index in [0.717, 1.165) is 17.7 Å². The first-order chi connectivity index (χ1) is 11.6. The lowest BCUT2D eigenvalue weighted by atomic mass is 9.77. The zero-order chi connectivity index (χ0) is 16.7. The van der Waals surface area contributed by atoms with Crippen molar-refractivity contribution in [3.05, 3.63) is 34.5 Å². The van der Waals surface area contributed by atoms with Crippen molar-refractivity contribution in [2.45, 2.75) is 38.0 Å². The number of nitrogens with zero attached hydrogens (tertiary/aromatic N) is 1. The van der Waals surface area contributed by atoms with Crippen LogP contribution in [0.4, 0.5) is 0 Å². The molecular weight excluding hydrogens is 326 g/mol. The first kappa shape index (κ1) is 15.8. The van der Waals surface area contributed by atoms with E-state index in [1.54, 1.807) is 11.3 Å². The number of carbonyl (C=O) groups is 2. The molecule has 3 aliphatic rings. The van der Waals surface area contributed by atoms with Crippen molar-refractivity contribution in [3.8, 4) is 0 Å². The maximum atomic E-state index is 13.0. The summed E-state index contributed by atoms with van der Waals surface area (Å²) in [5.74, 6) is -1.24. The Bertz CT molecular complexity index is 671. The van der Waals surface area contributed by atoms with Gasteiger partial charge in [0.2, 0.25) is 5.91 Å². The zero-order valence-corrected chi connectivity index (χ0v) is 14.5. The Hall–Kier alpha value is -1.66. The second kappa shape index (κ2) is 6.01. The molecule has 6 heteroatoms. The Morgan fingerprint density at radius 3 is 3.17 bits per heavy atom. The number of fused-ring (bicyclic) bond motifs is 1. The number of unbranched alkanes of at least 4 members (excludes halogenated alkanes) is 1. The molecule has 2 saturated heterocycles. The zero-order valence-electron chi connectivity index (χ0n) is 13.6. The van der Waals surface area contributed by atoms with Crippen LogP contribution in [0.3, 0.4) is 0 Å². The van der Waals surface area contributed by atoms with Crippen LogP contribution in [0.1, 0.15) is 24.6 Å². The number of likely N-dealkylation sites (tertiary alicyclic amines) is 1. The van der Waals surface area contributed by atoms with Crippen molar-refractivity contribution >= 4 is 23.2 Å². The molecule has 0 unspecified atom stereocenters. The minimum absolute atomic E-state index is 0.00712. The molecule has 1 spiro atoms. The minimum Gasteiger partial charge on any atom is -0.465 e. The van der Waals surface area contributed by atoms with Crippen LogP contribution in [-0.2, 0) is 25.6 Å². The summed E-state index contributed by atoms with van der Waals surface area (Å²) < 4.78 is 11.5. The van der Waals surface area contributed by atoms with Gasteiger partial charge in [-0.2, -0.15) is 0 Å². The van der Waals surface area contributed by atoms with E-state index in [4.69, 9.17) is 9.47 Å². The van der Waals surface area contributed by atoms with Gasteiger partial charge in [0.15, 0.2) is 0 Å². The van der Waals surface area contributed by atoms with Crippen molar-refractivity contribution in [1.29, 1.82) is 0 Å². The average Bonchev–Trinajstić information content (AvgIpc) is 3.31. The van der Waals surface area contributed by atoms with Crippen molar-refractivity contribution in [3.63, 3.8) is 0 Å². The van der Waals surface area contributed by atoms with Gasteiger partial charge in [0.25, 0.3) is 0 Å². The predicted molar refractivity (Wildman–Crippen MR) is 89.3 cm³/mol. The quantitative estimate of drug-likeness (QED) is 0.450. The molecule has 1 aromatic rings. The summed E-state index contributed by atoms with van der Waals surface area (Å²) in [5.41, 5.74) is -0.645. The SMILES string of the molecule is CCCCOC(=O)[C@@H]1[C@@H]2C=C[C@]3(CN(Cc4cccs4)C(=O)[C@H]13)O2. The molecule has 4 heterocycles. The predicted octanol–water partition coefficient (Wildman–Crippen LogP) is 2.37. The maximum absolute atomic E-state index is 13.0. The second-order valence-electron chi connectivity index (χ2n) is 6.69. The van der Waals surface area contributed by atoms with Gasteiger partial charge in [0, 0.05) is 4.88 Å². The Balaban J connectivity index is 1.52. The van der Waals surface area contributed by atoms with Gasteiger partial charge in [-0.15, -0.1) is 11.3 Å². The van der Waals surface area contributed by atoms with Crippen molar-refractivity contribution in [1.82, 2.24) is 4.90 Å². The number of thiophene rings is 1. The standard InChI is InChI=1S/C18H21NO4S/c1-2-3-8-22-17(21)14-13-6-7-18(23-13)11-19(16(20)15(14)18)10-12-5-4-9-24-12/h4-7,9,13-15H,2-3,8,10-11H2,1H3/t13-,14+,15-,18+/m0/s1. The third-order valence-electron chi connectivity index (χ3n) is 5.12. The Morgan fingerprint density at radius 1 is 1.54 bits per heavy atom. The monoisotopic (exact) mass is 347 g/mol. The molecule has 2 fully saturated rings. The number of carbonyl (C=O) groups excluding carboxylic acids is 2. The normalized spacial score (nSPS) is 33.3. The summed E-state index contributed by atoms with van der Waals surface area (Å²) in [4.78, 5) is 28.4. The molecule has 3 aliphatic heterocycles. The molecule has 1 amide bonds. The summed E-state index contributed by atoms with van der Waals surface area (Å²) in [5, 5.41) is 2.00. The number of amides is 1. The molecule has 0 radical (unpaired) electrons. The number of esters is 1. The molecule has 5 nitrogen and oxygen atoms in total. The topological polar surface area (TPSA) is 55.8 Å². The molecule has 0 aliphatic carbocycles. The van der Waals surface area contributed by atoms with Crippen LogP contribution in [0.15, 0.2) is 29.7 Å². The number of hydrogen-bond donors (Lipinski definition) is 0. The van der Waals surface area contributed by atoms with Crippen molar-refractivity contribution in [2.24, 2.45) is 11.8 Å². The van der Waals surface area contributed by atoms with E-state index >= 15 is 0 Å². The van der Waals surface area contributed by atoms with Crippen LogP contribution in [0.2, 0.25) is 0 Å². The first-order valence-corrected chi connectivity index (χ1v) is 9.37. The van der Waals surface area contributed by atoms with Crippen molar-refractivity contribution < 1.29 is 19.1 Å². The van der Waals surface area contributed by atoms with E-state index in [9.17, 15) is 9.59 Å². The fourth-order valence-electron chi connectivity index (χ4n) is 3.99. The highest BCUT2D eigenvalue weighted by Gasteiger charge is 2.67. The van der Waals surface area contributed by atoms with Crippen LogP contribution in [0.25, 0.3) is 0 Å². The molecule has 0 N–H and O–H groups in total. The molecule has 0 aromatic carbocycles. The van der Waals surface area contributed by atoms with Gasteiger partial charge in [0.05, 0.1) is 31.7 Å². The molecule has 1 aromatic heterocycles.